The largest absolute Gasteiger partial charge is 0.353 e. The second-order valence-electron chi connectivity index (χ2n) is 6.47. The molecular weight excluding hydrogens is 280 g/mol. The van der Waals surface area contributed by atoms with Crippen molar-refractivity contribution in [2.75, 3.05) is 26.7 Å². The van der Waals surface area contributed by atoms with Gasteiger partial charge in [0.15, 0.2) is 0 Å². The molecule has 0 atom stereocenters. The standard InChI is InChI=1S/C16H30N4O2/c1-17-10-7-15(21)18-14-8-11-20(12-9-14)16(22)19-13-5-3-2-4-6-13/h13-14,17H,2-12H2,1H3,(H,18,21)(H,19,22). The van der Waals surface area contributed by atoms with E-state index in [9.17, 15) is 9.59 Å². The maximum absolute atomic E-state index is 12.3. The lowest BCUT2D eigenvalue weighted by atomic mass is 9.95. The maximum atomic E-state index is 12.3. The van der Waals surface area contributed by atoms with E-state index in [1.54, 1.807) is 0 Å². The highest BCUT2D eigenvalue weighted by atomic mass is 16.2. The number of urea groups is 1. The summed E-state index contributed by atoms with van der Waals surface area (Å²) >= 11 is 0. The third-order valence-corrected chi connectivity index (χ3v) is 4.68. The van der Waals surface area contributed by atoms with E-state index in [-0.39, 0.29) is 18.0 Å². The van der Waals surface area contributed by atoms with E-state index in [0.717, 1.165) is 38.8 Å². The van der Waals surface area contributed by atoms with E-state index in [0.29, 0.717) is 19.0 Å². The number of piperidine rings is 1. The minimum Gasteiger partial charge on any atom is -0.353 e. The first kappa shape index (κ1) is 17.1. The van der Waals surface area contributed by atoms with E-state index in [2.05, 4.69) is 16.0 Å². The summed E-state index contributed by atoms with van der Waals surface area (Å²) in [6, 6.07) is 0.648. The molecule has 0 aromatic heterocycles. The predicted octanol–water partition coefficient (Wildman–Crippen LogP) is 1.22. The van der Waals surface area contributed by atoms with Crippen LogP contribution in [0.15, 0.2) is 0 Å². The molecule has 1 aliphatic heterocycles. The molecule has 1 saturated carbocycles. The van der Waals surface area contributed by atoms with Crippen molar-refractivity contribution in [3.8, 4) is 0 Å². The Hall–Kier alpha value is -1.30. The van der Waals surface area contributed by atoms with Crippen LogP contribution < -0.4 is 16.0 Å². The Bertz CT molecular complexity index is 361. The van der Waals surface area contributed by atoms with Crippen molar-refractivity contribution in [3.63, 3.8) is 0 Å². The van der Waals surface area contributed by atoms with Gasteiger partial charge in [-0.1, -0.05) is 19.3 Å². The lowest BCUT2D eigenvalue weighted by Gasteiger charge is -2.34. The summed E-state index contributed by atoms with van der Waals surface area (Å²) in [5, 5.41) is 9.20. The smallest absolute Gasteiger partial charge is 0.317 e. The van der Waals surface area contributed by atoms with E-state index in [1.165, 1.54) is 19.3 Å². The van der Waals surface area contributed by atoms with Crippen molar-refractivity contribution >= 4 is 11.9 Å². The average molecular weight is 310 g/mol. The first-order valence-electron chi connectivity index (χ1n) is 8.68. The summed E-state index contributed by atoms with van der Waals surface area (Å²) < 4.78 is 0. The number of nitrogens with one attached hydrogen (secondary N) is 3. The Labute approximate surface area is 133 Å². The van der Waals surface area contributed by atoms with Crippen LogP contribution in [0.25, 0.3) is 0 Å². The van der Waals surface area contributed by atoms with Crippen molar-refractivity contribution in [2.24, 2.45) is 0 Å². The molecule has 2 aliphatic rings. The Morgan fingerprint density at radius 2 is 1.59 bits per heavy atom. The van der Waals surface area contributed by atoms with Gasteiger partial charge < -0.3 is 20.9 Å². The van der Waals surface area contributed by atoms with E-state index < -0.39 is 0 Å². The van der Waals surface area contributed by atoms with Crippen LogP contribution in [0, 0.1) is 0 Å². The number of amides is 3. The highest BCUT2D eigenvalue weighted by molar-refractivity contribution is 5.77. The molecule has 2 rings (SSSR count). The predicted molar refractivity (Wildman–Crippen MR) is 86.7 cm³/mol. The SMILES string of the molecule is CNCCC(=O)NC1CCN(C(=O)NC2CCCCC2)CC1. The average Bonchev–Trinajstić information content (AvgIpc) is 2.54. The first-order valence-corrected chi connectivity index (χ1v) is 8.68. The number of carbonyl (C=O) groups is 2. The van der Waals surface area contributed by atoms with Gasteiger partial charge >= 0.3 is 6.03 Å². The molecule has 0 spiro atoms. The minimum atomic E-state index is 0.0758. The molecule has 0 aromatic carbocycles. The van der Waals surface area contributed by atoms with E-state index in [1.807, 2.05) is 11.9 Å². The van der Waals surface area contributed by atoms with Crippen LogP contribution in [-0.2, 0) is 4.79 Å². The summed E-state index contributed by atoms with van der Waals surface area (Å²) in [6.07, 6.45) is 8.20. The van der Waals surface area contributed by atoms with Gasteiger partial charge in [0.1, 0.15) is 0 Å². The quantitative estimate of drug-likeness (QED) is 0.715. The van der Waals surface area contributed by atoms with Crippen molar-refractivity contribution in [2.45, 2.75) is 63.5 Å². The molecule has 0 radical (unpaired) electrons. The lowest BCUT2D eigenvalue weighted by Crippen LogP contribution is -2.51. The molecule has 3 N–H and O–H groups in total. The van der Waals surface area contributed by atoms with Crippen LogP contribution in [0.1, 0.15) is 51.4 Å². The number of rotatable bonds is 5. The summed E-state index contributed by atoms with van der Waals surface area (Å²) in [4.78, 5) is 25.9. The molecular formula is C16H30N4O2. The van der Waals surface area contributed by atoms with Gasteiger partial charge in [-0.15, -0.1) is 0 Å². The molecule has 1 saturated heterocycles. The van der Waals surface area contributed by atoms with Crippen molar-refractivity contribution < 1.29 is 9.59 Å². The summed E-state index contributed by atoms with van der Waals surface area (Å²) in [6.45, 7) is 2.17. The minimum absolute atomic E-state index is 0.0758. The van der Waals surface area contributed by atoms with Crippen LogP contribution in [-0.4, -0.2) is 55.6 Å². The lowest BCUT2D eigenvalue weighted by molar-refractivity contribution is -0.121. The second-order valence-corrected chi connectivity index (χ2v) is 6.47. The second kappa shape index (κ2) is 8.98. The van der Waals surface area contributed by atoms with Gasteiger partial charge in [-0.05, 0) is 32.7 Å². The van der Waals surface area contributed by atoms with Gasteiger partial charge in [-0.2, -0.15) is 0 Å². The number of likely N-dealkylation sites (tertiary alicyclic amines) is 1. The Morgan fingerprint density at radius 3 is 2.23 bits per heavy atom. The molecule has 0 aromatic rings. The summed E-state index contributed by atoms with van der Waals surface area (Å²) in [5.74, 6) is 0.0967. The maximum Gasteiger partial charge on any atom is 0.317 e. The zero-order chi connectivity index (χ0) is 15.8. The molecule has 3 amide bonds. The summed E-state index contributed by atoms with van der Waals surface area (Å²) in [5.41, 5.74) is 0. The van der Waals surface area contributed by atoms with Crippen molar-refractivity contribution in [1.82, 2.24) is 20.9 Å². The van der Waals surface area contributed by atoms with Crippen molar-refractivity contribution in [1.29, 1.82) is 0 Å². The highest BCUT2D eigenvalue weighted by Crippen LogP contribution is 2.18. The van der Waals surface area contributed by atoms with Gasteiger partial charge in [0.05, 0.1) is 0 Å². The molecule has 6 nitrogen and oxygen atoms in total. The van der Waals surface area contributed by atoms with Crippen LogP contribution in [0.5, 0.6) is 0 Å². The van der Waals surface area contributed by atoms with Crippen molar-refractivity contribution in [3.05, 3.63) is 0 Å². The van der Waals surface area contributed by atoms with E-state index >= 15 is 0 Å². The zero-order valence-corrected chi connectivity index (χ0v) is 13.7. The van der Waals surface area contributed by atoms with Crippen LogP contribution in [0.4, 0.5) is 4.79 Å². The van der Waals surface area contributed by atoms with Gasteiger partial charge in [0, 0.05) is 38.1 Å². The molecule has 22 heavy (non-hydrogen) atoms. The van der Waals surface area contributed by atoms with Gasteiger partial charge in [-0.25, -0.2) is 4.79 Å². The fraction of sp³-hybridized carbons (Fsp3) is 0.875. The number of carbonyl (C=O) groups excluding carboxylic acids is 2. The third-order valence-electron chi connectivity index (χ3n) is 4.68. The first-order chi connectivity index (χ1) is 10.7. The van der Waals surface area contributed by atoms with Crippen LogP contribution in [0.2, 0.25) is 0 Å². The molecule has 2 fully saturated rings. The Morgan fingerprint density at radius 1 is 0.955 bits per heavy atom. The Balaban J connectivity index is 1.65. The van der Waals surface area contributed by atoms with Gasteiger partial charge in [0.2, 0.25) is 5.91 Å². The van der Waals surface area contributed by atoms with Gasteiger partial charge in [0.25, 0.3) is 0 Å². The van der Waals surface area contributed by atoms with Crippen LogP contribution >= 0.6 is 0 Å². The topological polar surface area (TPSA) is 73.5 Å². The van der Waals surface area contributed by atoms with Crippen LogP contribution in [0.3, 0.4) is 0 Å². The number of hydrogen-bond acceptors (Lipinski definition) is 3. The number of nitrogens with zero attached hydrogens (tertiary/aromatic N) is 1. The molecule has 0 bridgehead atoms. The Kier molecular flexibility index (Phi) is 6.96. The molecule has 126 valence electrons. The zero-order valence-electron chi connectivity index (χ0n) is 13.7. The normalized spacial score (nSPS) is 20.7. The molecule has 1 aliphatic carbocycles. The monoisotopic (exact) mass is 310 g/mol. The molecule has 0 unspecified atom stereocenters. The van der Waals surface area contributed by atoms with E-state index in [4.69, 9.17) is 0 Å². The molecule has 1 heterocycles. The fourth-order valence-corrected chi connectivity index (χ4v) is 3.28. The molecule has 6 heteroatoms. The third kappa shape index (κ3) is 5.48. The van der Waals surface area contributed by atoms with Gasteiger partial charge in [-0.3, -0.25) is 4.79 Å². The number of hydrogen-bond donors (Lipinski definition) is 3. The summed E-state index contributed by atoms with van der Waals surface area (Å²) in [7, 11) is 1.84. The highest BCUT2D eigenvalue weighted by Gasteiger charge is 2.25. The fourth-order valence-electron chi connectivity index (χ4n) is 3.28.